The van der Waals surface area contributed by atoms with Gasteiger partial charge in [-0.25, -0.2) is 4.98 Å². The van der Waals surface area contributed by atoms with Crippen molar-refractivity contribution in [2.24, 2.45) is 0 Å². The number of benzene rings is 2. The van der Waals surface area contributed by atoms with Crippen molar-refractivity contribution in [3.63, 3.8) is 0 Å². The van der Waals surface area contributed by atoms with Crippen LogP contribution in [0.15, 0.2) is 42.5 Å². The van der Waals surface area contributed by atoms with Gasteiger partial charge in [-0.15, -0.1) is 0 Å². The van der Waals surface area contributed by atoms with Crippen molar-refractivity contribution in [1.82, 2.24) is 9.55 Å². The summed E-state index contributed by atoms with van der Waals surface area (Å²) in [6, 6.07) is 13.9. The second kappa shape index (κ2) is 8.04. The van der Waals surface area contributed by atoms with Crippen molar-refractivity contribution >= 4 is 34.2 Å². The summed E-state index contributed by atoms with van der Waals surface area (Å²) < 4.78 is 2.29. The van der Waals surface area contributed by atoms with Gasteiger partial charge in [-0.05, 0) is 36.8 Å². The number of rotatable bonds is 7. The first-order chi connectivity index (χ1) is 11.7. The van der Waals surface area contributed by atoms with Gasteiger partial charge >= 0.3 is 0 Å². The number of fused-ring (bicyclic) bond motifs is 1. The highest BCUT2D eigenvalue weighted by Crippen LogP contribution is 2.32. The third-order valence-corrected chi connectivity index (χ3v) is 4.86. The Kier molecular flexibility index (Phi) is 5.80. The normalized spacial score (nSPS) is 11.3. The molecule has 0 atom stereocenters. The Bertz CT molecular complexity index is 824. The average molecular weight is 361 g/mol. The van der Waals surface area contributed by atoms with Crippen LogP contribution >= 0.6 is 23.2 Å². The van der Waals surface area contributed by atoms with E-state index in [2.05, 4.69) is 29.7 Å². The van der Waals surface area contributed by atoms with Crippen LogP contribution in [-0.4, -0.2) is 9.55 Å². The summed E-state index contributed by atoms with van der Waals surface area (Å²) in [7, 11) is 0. The summed E-state index contributed by atoms with van der Waals surface area (Å²) in [5.74, 6) is 0.924. The fourth-order valence-electron chi connectivity index (χ4n) is 3.05. The van der Waals surface area contributed by atoms with E-state index in [-0.39, 0.29) is 0 Å². The summed E-state index contributed by atoms with van der Waals surface area (Å²) in [5, 5.41) is 1.29. The molecular weight excluding hydrogens is 339 g/mol. The molecule has 0 aliphatic rings. The lowest BCUT2D eigenvalue weighted by atomic mass is 10.1. The Hall–Kier alpha value is -1.51. The van der Waals surface area contributed by atoms with Crippen molar-refractivity contribution in [1.29, 1.82) is 0 Å². The maximum absolute atomic E-state index is 6.43. The summed E-state index contributed by atoms with van der Waals surface area (Å²) in [4.78, 5) is 4.82. The van der Waals surface area contributed by atoms with E-state index >= 15 is 0 Å². The standard InChI is InChI=1S/C20H22Cl2N2/c1-2-3-4-5-8-13-24-19-10-7-6-9-18(19)23-20(24)16-12-11-15(21)14-17(16)22/h6-7,9-12,14H,2-5,8,13H2,1H3. The van der Waals surface area contributed by atoms with Gasteiger partial charge in [0.05, 0.1) is 16.1 Å². The SMILES string of the molecule is CCCCCCCn1c(-c2ccc(Cl)cc2Cl)nc2ccccc21. The Morgan fingerprint density at radius 2 is 1.75 bits per heavy atom. The van der Waals surface area contributed by atoms with Gasteiger partial charge in [-0.2, -0.15) is 0 Å². The van der Waals surface area contributed by atoms with Gasteiger partial charge in [-0.1, -0.05) is 67.9 Å². The van der Waals surface area contributed by atoms with Gasteiger partial charge in [0.15, 0.2) is 0 Å². The average Bonchev–Trinajstić information content (AvgIpc) is 2.93. The van der Waals surface area contributed by atoms with Crippen LogP contribution < -0.4 is 0 Å². The van der Waals surface area contributed by atoms with Crippen LogP contribution in [0.2, 0.25) is 10.0 Å². The Labute approximate surface area is 153 Å². The number of para-hydroxylation sites is 2. The number of hydrogen-bond acceptors (Lipinski definition) is 1. The van der Waals surface area contributed by atoms with E-state index in [0.29, 0.717) is 10.0 Å². The number of halogens is 2. The second-order valence-electron chi connectivity index (χ2n) is 6.11. The fraction of sp³-hybridized carbons (Fsp3) is 0.350. The van der Waals surface area contributed by atoms with Gasteiger partial charge in [0, 0.05) is 17.1 Å². The molecule has 1 aromatic heterocycles. The van der Waals surface area contributed by atoms with Crippen LogP contribution in [0.1, 0.15) is 39.0 Å². The molecule has 2 nitrogen and oxygen atoms in total. The first kappa shape index (κ1) is 17.3. The lowest BCUT2D eigenvalue weighted by Crippen LogP contribution is -2.01. The van der Waals surface area contributed by atoms with Gasteiger partial charge in [0.1, 0.15) is 5.82 Å². The molecule has 0 spiro atoms. The third kappa shape index (κ3) is 3.76. The van der Waals surface area contributed by atoms with Crippen LogP contribution in [0.5, 0.6) is 0 Å². The molecule has 0 aliphatic heterocycles. The van der Waals surface area contributed by atoms with Crippen LogP contribution in [-0.2, 0) is 6.54 Å². The highest BCUT2D eigenvalue weighted by molar-refractivity contribution is 6.36. The number of aromatic nitrogens is 2. The Balaban J connectivity index is 1.95. The largest absolute Gasteiger partial charge is 0.324 e. The van der Waals surface area contributed by atoms with Gasteiger partial charge < -0.3 is 4.57 Å². The van der Waals surface area contributed by atoms with E-state index in [1.807, 2.05) is 18.2 Å². The first-order valence-corrected chi connectivity index (χ1v) is 9.37. The molecule has 1 heterocycles. The molecule has 0 bridgehead atoms. The second-order valence-corrected chi connectivity index (χ2v) is 6.96. The maximum Gasteiger partial charge on any atom is 0.142 e. The van der Waals surface area contributed by atoms with E-state index in [0.717, 1.165) is 35.4 Å². The molecule has 4 heteroatoms. The van der Waals surface area contributed by atoms with E-state index in [9.17, 15) is 0 Å². The molecule has 0 aliphatic carbocycles. The van der Waals surface area contributed by atoms with Crippen molar-refractivity contribution in [3.8, 4) is 11.4 Å². The Morgan fingerprint density at radius 3 is 2.54 bits per heavy atom. The molecule has 0 saturated heterocycles. The van der Waals surface area contributed by atoms with E-state index in [1.165, 1.54) is 25.7 Å². The number of aryl methyl sites for hydroxylation is 1. The van der Waals surface area contributed by atoms with Crippen LogP contribution in [0.25, 0.3) is 22.4 Å². The molecule has 0 amide bonds. The molecule has 0 N–H and O–H groups in total. The van der Waals surface area contributed by atoms with Crippen molar-refractivity contribution in [2.75, 3.05) is 0 Å². The molecule has 0 unspecified atom stereocenters. The molecule has 3 rings (SSSR count). The number of hydrogen-bond donors (Lipinski definition) is 0. The van der Waals surface area contributed by atoms with E-state index in [1.54, 1.807) is 6.07 Å². The van der Waals surface area contributed by atoms with Crippen LogP contribution in [0, 0.1) is 0 Å². The van der Waals surface area contributed by atoms with Gasteiger partial charge in [0.2, 0.25) is 0 Å². The quantitative estimate of drug-likeness (QED) is 0.415. The van der Waals surface area contributed by atoms with Crippen molar-refractivity contribution in [2.45, 2.75) is 45.6 Å². The Morgan fingerprint density at radius 1 is 0.958 bits per heavy atom. The zero-order valence-corrected chi connectivity index (χ0v) is 15.4. The lowest BCUT2D eigenvalue weighted by molar-refractivity contribution is 0.578. The number of imidazole rings is 1. The molecule has 0 radical (unpaired) electrons. The van der Waals surface area contributed by atoms with Crippen molar-refractivity contribution in [3.05, 3.63) is 52.5 Å². The monoisotopic (exact) mass is 360 g/mol. The topological polar surface area (TPSA) is 17.8 Å². The summed E-state index contributed by atoms with van der Waals surface area (Å²) in [6.45, 7) is 3.20. The first-order valence-electron chi connectivity index (χ1n) is 8.61. The van der Waals surface area contributed by atoms with Crippen LogP contribution in [0.3, 0.4) is 0 Å². The lowest BCUT2D eigenvalue weighted by Gasteiger charge is -2.11. The summed E-state index contributed by atoms with van der Waals surface area (Å²) >= 11 is 12.5. The molecule has 126 valence electrons. The summed E-state index contributed by atoms with van der Waals surface area (Å²) in [5.41, 5.74) is 3.10. The minimum absolute atomic E-state index is 0.644. The molecule has 2 aromatic carbocycles. The predicted molar refractivity (Wildman–Crippen MR) is 104 cm³/mol. The summed E-state index contributed by atoms with van der Waals surface area (Å²) in [6.07, 6.45) is 6.26. The van der Waals surface area contributed by atoms with Gasteiger partial charge in [0.25, 0.3) is 0 Å². The highest BCUT2D eigenvalue weighted by Gasteiger charge is 2.14. The zero-order valence-electron chi connectivity index (χ0n) is 13.9. The molecular formula is C20H22Cl2N2. The van der Waals surface area contributed by atoms with Gasteiger partial charge in [-0.3, -0.25) is 0 Å². The maximum atomic E-state index is 6.43. The number of nitrogens with zero attached hydrogens (tertiary/aromatic N) is 2. The molecule has 24 heavy (non-hydrogen) atoms. The zero-order chi connectivity index (χ0) is 16.9. The van der Waals surface area contributed by atoms with Crippen LogP contribution in [0.4, 0.5) is 0 Å². The van der Waals surface area contributed by atoms with E-state index in [4.69, 9.17) is 28.2 Å². The van der Waals surface area contributed by atoms with E-state index < -0.39 is 0 Å². The smallest absolute Gasteiger partial charge is 0.142 e. The van der Waals surface area contributed by atoms with Crippen molar-refractivity contribution < 1.29 is 0 Å². The minimum Gasteiger partial charge on any atom is -0.324 e. The molecule has 0 saturated carbocycles. The minimum atomic E-state index is 0.644. The highest BCUT2D eigenvalue weighted by atomic mass is 35.5. The molecule has 3 aromatic rings. The fourth-order valence-corrected chi connectivity index (χ4v) is 3.54. The predicted octanol–water partition coefficient (Wildman–Crippen LogP) is 6.98. The molecule has 0 fully saturated rings. The third-order valence-electron chi connectivity index (χ3n) is 4.31. The number of unbranched alkanes of at least 4 members (excludes halogenated alkanes) is 4.